The Kier molecular flexibility index (Phi) is 5.11. The lowest BCUT2D eigenvalue weighted by Gasteiger charge is -2.22. The molecule has 2 rings (SSSR count). The fourth-order valence-corrected chi connectivity index (χ4v) is 2.43. The fraction of sp³-hybridized carbons (Fsp3) is 0.538. The number of benzene rings is 1. The monoisotopic (exact) mass is 273 g/mol. The summed E-state index contributed by atoms with van der Waals surface area (Å²) < 4.78 is 5.33. The van der Waals surface area contributed by atoms with Crippen molar-refractivity contribution in [1.82, 2.24) is 5.32 Å². The van der Waals surface area contributed by atoms with E-state index in [2.05, 4.69) is 5.32 Å². The van der Waals surface area contributed by atoms with Gasteiger partial charge in [-0.25, -0.2) is 0 Å². The third-order valence-electron chi connectivity index (χ3n) is 3.12. The fourth-order valence-electron chi connectivity index (χ4n) is 2.05. The topological polar surface area (TPSA) is 21.3 Å². The smallest absolute Gasteiger partial charge is 0.0637 e. The molecule has 1 aliphatic heterocycles. The quantitative estimate of drug-likeness (QED) is 0.907. The Hall–Kier alpha value is -0.280. The predicted molar refractivity (Wildman–Crippen MR) is 71.7 cm³/mol. The van der Waals surface area contributed by atoms with Crippen molar-refractivity contribution in [3.05, 3.63) is 33.8 Å². The highest BCUT2D eigenvalue weighted by molar-refractivity contribution is 6.42. The maximum atomic E-state index is 6.12. The molecular weight excluding hydrogens is 257 g/mol. The van der Waals surface area contributed by atoms with Crippen molar-refractivity contribution in [3.8, 4) is 0 Å². The Morgan fingerprint density at radius 3 is 2.76 bits per heavy atom. The van der Waals surface area contributed by atoms with Crippen molar-refractivity contribution in [1.29, 1.82) is 0 Å². The first-order valence-electron chi connectivity index (χ1n) is 5.98. The van der Waals surface area contributed by atoms with Gasteiger partial charge in [0, 0.05) is 19.8 Å². The SMILES string of the molecule is Clc1cccc(CNCC2CCOCC2)c1Cl. The summed E-state index contributed by atoms with van der Waals surface area (Å²) in [6.07, 6.45) is 2.30. The van der Waals surface area contributed by atoms with Crippen molar-refractivity contribution >= 4 is 23.2 Å². The molecule has 4 heteroatoms. The van der Waals surface area contributed by atoms with E-state index in [-0.39, 0.29) is 0 Å². The van der Waals surface area contributed by atoms with E-state index in [1.54, 1.807) is 0 Å². The van der Waals surface area contributed by atoms with Crippen molar-refractivity contribution in [2.45, 2.75) is 19.4 Å². The Labute approximate surface area is 112 Å². The minimum absolute atomic E-state index is 0.622. The third-order valence-corrected chi connectivity index (χ3v) is 3.98. The van der Waals surface area contributed by atoms with E-state index in [1.807, 2.05) is 18.2 Å². The molecule has 1 saturated heterocycles. The van der Waals surface area contributed by atoms with E-state index in [0.29, 0.717) is 10.0 Å². The van der Waals surface area contributed by atoms with Gasteiger partial charge in [-0.2, -0.15) is 0 Å². The van der Waals surface area contributed by atoms with E-state index in [4.69, 9.17) is 27.9 Å². The summed E-state index contributed by atoms with van der Waals surface area (Å²) in [4.78, 5) is 0. The van der Waals surface area contributed by atoms with Gasteiger partial charge in [-0.3, -0.25) is 0 Å². The van der Waals surface area contributed by atoms with Crippen LogP contribution in [0, 0.1) is 5.92 Å². The Morgan fingerprint density at radius 1 is 1.24 bits per heavy atom. The molecule has 1 aromatic carbocycles. The van der Waals surface area contributed by atoms with E-state index in [9.17, 15) is 0 Å². The zero-order valence-corrected chi connectivity index (χ0v) is 11.2. The standard InChI is InChI=1S/C13H17Cl2NO/c14-12-3-1-2-11(13(12)15)9-16-8-10-4-6-17-7-5-10/h1-3,10,16H,4-9H2. The van der Waals surface area contributed by atoms with Crippen LogP contribution in [-0.4, -0.2) is 19.8 Å². The lowest BCUT2D eigenvalue weighted by Crippen LogP contribution is -2.27. The zero-order chi connectivity index (χ0) is 12.1. The van der Waals surface area contributed by atoms with Crippen LogP contribution in [0.1, 0.15) is 18.4 Å². The molecule has 0 unspecified atom stereocenters. The van der Waals surface area contributed by atoms with Crippen molar-refractivity contribution in [2.24, 2.45) is 5.92 Å². The van der Waals surface area contributed by atoms with Crippen LogP contribution in [0.5, 0.6) is 0 Å². The number of halogens is 2. The molecule has 2 nitrogen and oxygen atoms in total. The molecule has 0 saturated carbocycles. The highest BCUT2D eigenvalue weighted by Gasteiger charge is 2.13. The van der Waals surface area contributed by atoms with E-state index >= 15 is 0 Å². The lowest BCUT2D eigenvalue weighted by atomic mass is 10.0. The Bertz CT molecular complexity index is 364. The lowest BCUT2D eigenvalue weighted by molar-refractivity contribution is 0.0662. The van der Waals surface area contributed by atoms with Crippen LogP contribution in [-0.2, 0) is 11.3 Å². The maximum Gasteiger partial charge on any atom is 0.0637 e. The molecule has 0 aliphatic carbocycles. The van der Waals surface area contributed by atoms with Gasteiger partial charge >= 0.3 is 0 Å². The molecule has 0 radical (unpaired) electrons. The van der Waals surface area contributed by atoms with Crippen LogP contribution >= 0.6 is 23.2 Å². The van der Waals surface area contributed by atoms with Crippen LogP contribution in [0.15, 0.2) is 18.2 Å². The van der Waals surface area contributed by atoms with Crippen LogP contribution in [0.4, 0.5) is 0 Å². The van der Waals surface area contributed by atoms with Crippen LogP contribution in [0.3, 0.4) is 0 Å². The first kappa shape index (κ1) is 13.2. The van der Waals surface area contributed by atoms with Crippen molar-refractivity contribution < 1.29 is 4.74 Å². The van der Waals surface area contributed by atoms with Gasteiger partial charge in [-0.15, -0.1) is 0 Å². The van der Waals surface area contributed by atoms with Crippen LogP contribution < -0.4 is 5.32 Å². The summed E-state index contributed by atoms with van der Waals surface area (Å²) in [6, 6.07) is 5.75. The molecular formula is C13H17Cl2NO. The molecule has 0 bridgehead atoms. The minimum Gasteiger partial charge on any atom is -0.381 e. The second kappa shape index (κ2) is 6.60. The predicted octanol–water partition coefficient (Wildman–Crippen LogP) is 3.51. The molecule has 1 aromatic rings. The highest BCUT2D eigenvalue weighted by atomic mass is 35.5. The zero-order valence-electron chi connectivity index (χ0n) is 9.72. The minimum atomic E-state index is 0.622. The Morgan fingerprint density at radius 2 is 2.00 bits per heavy atom. The molecule has 1 aliphatic rings. The average molecular weight is 274 g/mol. The molecule has 1 fully saturated rings. The van der Waals surface area contributed by atoms with Gasteiger partial charge in [-0.1, -0.05) is 35.3 Å². The number of ether oxygens (including phenoxy) is 1. The van der Waals surface area contributed by atoms with Crippen molar-refractivity contribution in [2.75, 3.05) is 19.8 Å². The van der Waals surface area contributed by atoms with Gasteiger partial charge in [0.25, 0.3) is 0 Å². The molecule has 0 atom stereocenters. The summed E-state index contributed by atoms with van der Waals surface area (Å²) >= 11 is 12.1. The molecule has 1 N–H and O–H groups in total. The second-order valence-corrected chi connectivity index (χ2v) is 5.18. The number of rotatable bonds is 4. The number of hydrogen-bond acceptors (Lipinski definition) is 2. The summed E-state index contributed by atoms with van der Waals surface area (Å²) in [5, 5.41) is 4.72. The molecule has 0 spiro atoms. The molecule has 1 heterocycles. The van der Waals surface area contributed by atoms with Crippen LogP contribution in [0.2, 0.25) is 10.0 Å². The summed E-state index contributed by atoms with van der Waals surface area (Å²) in [5.41, 5.74) is 1.06. The van der Waals surface area contributed by atoms with Gasteiger partial charge in [0.2, 0.25) is 0 Å². The van der Waals surface area contributed by atoms with Gasteiger partial charge in [0.05, 0.1) is 10.0 Å². The first-order chi connectivity index (χ1) is 8.27. The second-order valence-electron chi connectivity index (χ2n) is 4.40. The highest BCUT2D eigenvalue weighted by Crippen LogP contribution is 2.25. The molecule has 0 amide bonds. The third kappa shape index (κ3) is 3.85. The van der Waals surface area contributed by atoms with Crippen LogP contribution in [0.25, 0.3) is 0 Å². The summed E-state index contributed by atoms with van der Waals surface area (Å²) in [6.45, 7) is 3.58. The Balaban J connectivity index is 1.79. The number of hydrogen-bond donors (Lipinski definition) is 1. The van der Waals surface area contributed by atoms with E-state index in [1.165, 1.54) is 0 Å². The van der Waals surface area contributed by atoms with E-state index < -0.39 is 0 Å². The molecule has 17 heavy (non-hydrogen) atoms. The van der Waals surface area contributed by atoms with Gasteiger partial charge < -0.3 is 10.1 Å². The van der Waals surface area contributed by atoms with Gasteiger partial charge in [0.15, 0.2) is 0 Å². The van der Waals surface area contributed by atoms with Gasteiger partial charge in [-0.05, 0) is 36.9 Å². The average Bonchev–Trinajstić information content (AvgIpc) is 2.36. The summed E-state index contributed by atoms with van der Waals surface area (Å²) in [5.74, 6) is 0.724. The first-order valence-corrected chi connectivity index (χ1v) is 6.74. The van der Waals surface area contributed by atoms with Crippen molar-refractivity contribution in [3.63, 3.8) is 0 Å². The largest absolute Gasteiger partial charge is 0.381 e. The molecule has 0 aromatic heterocycles. The molecule has 94 valence electrons. The van der Waals surface area contributed by atoms with E-state index in [0.717, 1.165) is 50.6 Å². The maximum absolute atomic E-state index is 6.12. The van der Waals surface area contributed by atoms with Gasteiger partial charge in [0.1, 0.15) is 0 Å². The number of nitrogens with one attached hydrogen (secondary N) is 1. The normalized spacial score (nSPS) is 17.3. The summed E-state index contributed by atoms with van der Waals surface area (Å²) in [7, 11) is 0.